The van der Waals surface area contributed by atoms with E-state index in [2.05, 4.69) is 48.2 Å². The zero-order valence-electron chi connectivity index (χ0n) is 12.2. The normalized spacial score (nSPS) is 22.6. The summed E-state index contributed by atoms with van der Waals surface area (Å²) in [5, 5.41) is 8.97. The van der Waals surface area contributed by atoms with Crippen LogP contribution in [-0.2, 0) is 0 Å². The van der Waals surface area contributed by atoms with Crippen molar-refractivity contribution in [2.24, 2.45) is 0 Å². The third-order valence-electron chi connectivity index (χ3n) is 4.58. The fourth-order valence-corrected chi connectivity index (χ4v) is 3.47. The van der Waals surface area contributed by atoms with Gasteiger partial charge in [-0.1, -0.05) is 12.8 Å². The summed E-state index contributed by atoms with van der Waals surface area (Å²) in [6, 6.07) is 8.84. The van der Waals surface area contributed by atoms with E-state index in [0.717, 1.165) is 11.1 Å². The molecule has 2 aliphatic rings. The van der Waals surface area contributed by atoms with Crippen LogP contribution in [0.4, 0.5) is 5.69 Å². The van der Waals surface area contributed by atoms with E-state index in [-0.39, 0.29) is 0 Å². The molecule has 0 amide bonds. The topological polar surface area (TPSA) is 30.3 Å². The van der Waals surface area contributed by atoms with Crippen LogP contribution in [0.25, 0.3) is 0 Å². The quantitative estimate of drug-likeness (QED) is 0.817. The summed E-state index contributed by atoms with van der Waals surface area (Å²) in [4.78, 5) is 4.81. The highest BCUT2D eigenvalue weighted by atomic mass is 15.4. The average Bonchev–Trinajstić information content (AvgIpc) is 3.08. The number of nitriles is 1. The van der Waals surface area contributed by atoms with Crippen LogP contribution in [0.5, 0.6) is 0 Å². The molecule has 3 rings (SSSR count). The number of hydrogen-bond donors (Lipinski definition) is 0. The molecule has 1 heterocycles. The summed E-state index contributed by atoms with van der Waals surface area (Å²) in [6.07, 6.45) is 10.1. The SMILES string of the molecule is Cc1cc(C#N)ccc1N1C=CN(C2CCCC2)[C@H]1C. The number of anilines is 1. The molecule has 3 nitrogen and oxygen atoms in total. The van der Waals surface area contributed by atoms with Gasteiger partial charge in [0.1, 0.15) is 6.17 Å². The molecular formula is C17H21N3. The Bertz CT molecular complexity index is 564. The van der Waals surface area contributed by atoms with Gasteiger partial charge in [-0.2, -0.15) is 5.26 Å². The Labute approximate surface area is 121 Å². The third-order valence-corrected chi connectivity index (χ3v) is 4.58. The van der Waals surface area contributed by atoms with Crippen molar-refractivity contribution in [3.05, 3.63) is 41.7 Å². The van der Waals surface area contributed by atoms with Crippen LogP contribution in [-0.4, -0.2) is 17.1 Å². The summed E-state index contributed by atoms with van der Waals surface area (Å²) in [7, 11) is 0. The first-order chi connectivity index (χ1) is 9.70. The highest BCUT2D eigenvalue weighted by molar-refractivity contribution is 5.59. The Balaban J connectivity index is 1.82. The van der Waals surface area contributed by atoms with E-state index < -0.39 is 0 Å². The maximum absolute atomic E-state index is 8.97. The fourth-order valence-electron chi connectivity index (χ4n) is 3.47. The number of nitrogens with zero attached hydrogens (tertiary/aromatic N) is 3. The van der Waals surface area contributed by atoms with Gasteiger partial charge in [-0.05, 0) is 50.5 Å². The molecule has 3 heteroatoms. The summed E-state index contributed by atoms with van der Waals surface area (Å²) < 4.78 is 0. The van der Waals surface area contributed by atoms with Crippen LogP contribution < -0.4 is 4.90 Å². The van der Waals surface area contributed by atoms with E-state index in [0.29, 0.717) is 12.2 Å². The number of rotatable bonds is 2. The summed E-state index contributed by atoms with van der Waals surface area (Å²) >= 11 is 0. The third kappa shape index (κ3) is 2.16. The minimum absolute atomic E-state index is 0.365. The molecule has 1 aromatic rings. The summed E-state index contributed by atoms with van der Waals surface area (Å²) in [5.41, 5.74) is 3.09. The van der Waals surface area contributed by atoms with Crippen molar-refractivity contribution in [1.29, 1.82) is 5.26 Å². The number of aryl methyl sites for hydroxylation is 1. The van der Waals surface area contributed by atoms with E-state index in [1.54, 1.807) is 0 Å². The minimum Gasteiger partial charge on any atom is -0.353 e. The minimum atomic E-state index is 0.365. The molecule has 0 saturated heterocycles. The highest BCUT2D eigenvalue weighted by Crippen LogP contribution is 2.33. The molecular weight excluding hydrogens is 246 g/mol. The van der Waals surface area contributed by atoms with Gasteiger partial charge in [0, 0.05) is 24.1 Å². The largest absolute Gasteiger partial charge is 0.353 e. The van der Waals surface area contributed by atoms with Gasteiger partial charge in [0.2, 0.25) is 0 Å². The van der Waals surface area contributed by atoms with E-state index in [1.165, 1.54) is 31.4 Å². The number of benzene rings is 1. The lowest BCUT2D eigenvalue weighted by molar-refractivity contribution is 0.237. The smallest absolute Gasteiger partial charge is 0.103 e. The molecule has 0 aromatic heterocycles. The van der Waals surface area contributed by atoms with Crippen LogP contribution in [0.15, 0.2) is 30.6 Å². The van der Waals surface area contributed by atoms with E-state index >= 15 is 0 Å². The first-order valence-electron chi connectivity index (χ1n) is 7.45. The lowest BCUT2D eigenvalue weighted by Gasteiger charge is -2.34. The predicted octanol–water partition coefficient (Wildman–Crippen LogP) is 3.75. The first kappa shape index (κ1) is 13.1. The Hall–Kier alpha value is -1.95. The van der Waals surface area contributed by atoms with Crippen molar-refractivity contribution < 1.29 is 0 Å². The standard InChI is InChI=1S/C17H21N3/c1-13-11-15(12-18)7-8-17(13)20-10-9-19(14(20)2)16-5-3-4-6-16/h7-11,14,16H,3-6H2,1-2H3/t14-/m1/s1. The first-order valence-corrected chi connectivity index (χ1v) is 7.45. The molecule has 1 atom stereocenters. The Kier molecular flexibility index (Phi) is 3.40. The molecule has 1 saturated carbocycles. The fraction of sp³-hybridized carbons (Fsp3) is 0.471. The van der Waals surface area contributed by atoms with Gasteiger partial charge < -0.3 is 9.80 Å². The molecule has 104 valence electrons. The second kappa shape index (κ2) is 5.20. The van der Waals surface area contributed by atoms with Crippen LogP contribution in [0.2, 0.25) is 0 Å². The van der Waals surface area contributed by atoms with Crippen LogP contribution in [0.3, 0.4) is 0 Å². The van der Waals surface area contributed by atoms with Crippen LogP contribution in [0.1, 0.15) is 43.7 Å². The zero-order chi connectivity index (χ0) is 14.1. The molecule has 0 unspecified atom stereocenters. The van der Waals surface area contributed by atoms with Crippen LogP contribution in [0, 0.1) is 18.3 Å². The maximum atomic E-state index is 8.97. The molecule has 0 spiro atoms. The molecule has 1 aromatic carbocycles. The van der Waals surface area contributed by atoms with Gasteiger partial charge in [-0.25, -0.2) is 0 Å². The van der Waals surface area contributed by atoms with Crippen molar-refractivity contribution in [1.82, 2.24) is 4.90 Å². The molecule has 0 N–H and O–H groups in total. The monoisotopic (exact) mass is 267 g/mol. The molecule has 20 heavy (non-hydrogen) atoms. The lowest BCUT2D eigenvalue weighted by Crippen LogP contribution is -2.41. The van der Waals surface area contributed by atoms with Crippen molar-refractivity contribution in [3.63, 3.8) is 0 Å². The van der Waals surface area contributed by atoms with Crippen molar-refractivity contribution >= 4 is 5.69 Å². The van der Waals surface area contributed by atoms with E-state index in [4.69, 9.17) is 5.26 Å². The second-order valence-electron chi connectivity index (χ2n) is 5.84. The maximum Gasteiger partial charge on any atom is 0.103 e. The Morgan fingerprint density at radius 2 is 1.95 bits per heavy atom. The molecule has 1 aliphatic heterocycles. The average molecular weight is 267 g/mol. The Morgan fingerprint density at radius 1 is 1.20 bits per heavy atom. The van der Waals surface area contributed by atoms with Crippen molar-refractivity contribution in [2.45, 2.75) is 51.7 Å². The predicted molar refractivity (Wildman–Crippen MR) is 81.1 cm³/mol. The molecule has 1 aliphatic carbocycles. The van der Waals surface area contributed by atoms with Gasteiger partial charge in [0.25, 0.3) is 0 Å². The molecule has 1 fully saturated rings. The van der Waals surface area contributed by atoms with Gasteiger partial charge in [0.15, 0.2) is 0 Å². The lowest BCUT2D eigenvalue weighted by atomic mass is 10.1. The summed E-state index contributed by atoms with van der Waals surface area (Å²) in [5.74, 6) is 0. The van der Waals surface area contributed by atoms with Gasteiger partial charge in [0.05, 0.1) is 11.6 Å². The van der Waals surface area contributed by atoms with Gasteiger partial charge >= 0.3 is 0 Å². The second-order valence-corrected chi connectivity index (χ2v) is 5.84. The highest BCUT2D eigenvalue weighted by Gasteiger charge is 2.30. The number of hydrogen-bond acceptors (Lipinski definition) is 3. The van der Waals surface area contributed by atoms with Crippen molar-refractivity contribution in [2.75, 3.05) is 4.90 Å². The van der Waals surface area contributed by atoms with Gasteiger partial charge in [-0.3, -0.25) is 0 Å². The Morgan fingerprint density at radius 3 is 2.60 bits per heavy atom. The van der Waals surface area contributed by atoms with Crippen molar-refractivity contribution in [3.8, 4) is 6.07 Å². The molecule has 0 radical (unpaired) electrons. The zero-order valence-corrected chi connectivity index (χ0v) is 12.2. The van der Waals surface area contributed by atoms with E-state index in [1.807, 2.05) is 12.1 Å². The van der Waals surface area contributed by atoms with E-state index in [9.17, 15) is 0 Å². The van der Waals surface area contributed by atoms with Gasteiger partial charge in [-0.15, -0.1) is 0 Å². The van der Waals surface area contributed by atoms with Crippen LogP contribution >= 0.6 is 0 Å². The summed E-state index contributed by atoms with van der Waals surface area (Å²) in [6.45, 7) is 4.34. The molecule has 0 bridgehead atoms.